The number of thioether (sulfide) groups is 1. The van der Waals surface area contributed by atoms with Gasteiger partial charge in [-0.3, -0.25) is 4.79 Å². The summed E-state index contributed by atoms with van der Waals surface area (Å²) in [7, 11) is 0. The molecule has 0 saturated carbocycles. The lowest BCUT2D eigenvalue weighted by atomic mass is 10.1. The van der Waals surface area contributed by atoms with Crippen molar-refractivity contribution in [3.63, 3.8) is 0 Å². The number of benzene rings is 1. The van der Waals surface area contributed by atoms with Crippen LogP contribution in [0.1, 0.15) is 27.9 Å². The number of hydrogen-bond donors (Lipinski definition) is 0. The zero-order valence-electron chi connectivity index (χ0n) is 10.6. The smallest absolute Gasteiger partial charge is 0.175 e. The molecule has 3 rings (SSSR count). The Bertz CT molecular complexity index is 664. The summed E-state index contributed by atoms with van der Waals surface area (Å²) >= 11 is 10.0. The van der Waals surface area contributed by atoms with Crippen LogP contribution in [0.2, 0.25) is 0 Å². The fourth-order valence-corrected chi connectivity index (χ4v) is 6.09. The average Bonchev–Trinajstić information content (AvgIpc) is 3.01. The van der Waals surface area contributed by atoms with Gasteiger partial charge in [-0.25, -0.2) is 0 Å². The van der Waals surface area contributed by atoms with E-state index in [0.29, 0.717) is 5.75 Å². The minimum absolute atomic E-state index is 0.171. The van der Waals surface area contributed by atoms with Crippen LogP contribution in [0, 0.1) is 0 Å². The predicted molar refractivity (Wildman–Crippen MR) is 93.2 cm³/mol. The van der Waals surface area contributed by atoms with Crippen LogP contribution in [-0.2, 0) is 12.8 Å². The maximum absolute atomic E-state index is 12.2. The van der Waals surface area contributed by atoms with Crippen LogP contribution in [0.5, 0.6) is 0 Å². The number of fused-ring (bicyclic) bond motifs is 1. The molecule has 0 radical (unpaired) electrons. The molecule has 0 amide bonds. The highest BCUT2D eigenvalue weighted by molar-refractivity contribution is 9.12. The lowest BCUT2D eigenvalue weighted by molar-refractivity contribution is 0.102. The highest BCUT2D eigenvalue weighted by atomic mass is 79.9. The van der Waals surface area contributed by atoms with Crippen LogP contribution < -0.4 is 0 Å². The highest BCUT2D eigenvalue weighted by Gasteiger charge is 2.15. The Morgan fingerprint density at radius 3 is 2.75 bits per heavy atom. The molecule has 1 nitrogen and oxygen atoms in total. The molecule has 1 aromatic heterocycles. The molecule has 1 aliphatic rings. The normalized spacial score (nSPS) is 13.5. The van der Waals surface area contributed by atoms with Gasteiger partial charge in [-0.1, -0.05) is 6.07 Å². The van der Waals surface area contributed by atoms with Crippen LogP contribution in [0.3, 0.4) is 0 Å². The van der Waals surface area contributed by atoms with E-state index >= 15 is 0 Å². The third kappa shape index (κ3) is 3.21. The molecule has 0 N–H and O–H groups in total. The molecule has 2 aromatic rings. The standard InChI is InChI=1S/C15H12Br2OS2/c16-14-7-12(15(17)20-14)13(18)8-19-11-5-4-9-2-1-3-10(9)6-11/h4-7H,1-3,8H2. The van der Waals surface area contributed by atoms with Crippen molar-refractivity contribution in [3.05, 3.63) is 48.5 Å². The maximum atomic E-state index is 12.2. The van der Waals surface area contributed by atoms with E-state index in [4.69, 9.17) is 0 Å². The van der Waals surface area contributed by atoms with Gasteiger partial charge in [0.15, 0.2) is 5.78 Å². The van der Waals surface area contributed by atoms with Crippen molar-refractivity contribution < 1.29 is 4.79 Å². The van der Waals surface area contributed by atoms with Crippen molar-refractivity contribution in [1.82, 2.24) is 0 Å². The van der Waals surface area contributed by atoms with E-state index < -0.39 is 0 Å². The second kappa shape index (κ2) is 6.34. The monoisotopic (exact) mass is 430 g/mol. The van der Waals surface area contributed by atoms with Crippen LogP contribution in [0.25, 0.3) is 0 Å². The number of Topliss-reactive ketones (excluding diaryl/α,β-unsaturated/α-hetero) is 1. The molecule has 104 valence electrons. The number of thiophene rings is 1. The lowest BCUT2D eigenvalue weighted by Crippen LogP contribution is -2.01. The van der Waals surface area contributed by atoms with Crippen molar-refractivity contribution in [1.29, 1.82) is 0 Å². The summed E-state index contributed by atoms with van der Waals surface area (Å²) in [5.41, 5.74) is 3.71. The number of aryl methyl sites for hydroxylation is 2. The highest BCUT2D eigenvalue weighted by Crippen LogP contribution is 2.33. The summed E-state index contributed by atoms with van der Waals surface area (Å²) in [6.07, 6.45) is 3.65. The Balaban J connectivity index is 1.67. The fraction of sp³-hybridized carbons (Fsp3) is 0.267. The molecule has 0 aliphatic heterocycles. The fourth-order valence-electron chi connectivity index (χ4n) is 2.39. The zero-order valence-corrected chi connectivity index (χ0v) is 15.4. The van der Waals surface area contributed by atoms with Crippen molar-refractivity contribution in [3.8, 4) is 0 Å². The summed E-state index contributed by atoms with van der Waals surface area (Å²) < 4.78 is 1.89. The van der Waals surface area contributed by atoms with Gasteiger partial charge in [-0.2, -0.15) is 0 Å². The molecule has 0 atom stereocenters. The summed E-state index contributed by atoms with van der Waals surface area (Å²) in [5, 5.41) is 0. The van der Waals surface area contributed by atoms with Gasteiger partial charge in [-0.15, -0.1) is 23.1 Å². The SMILES string of the molecule is O=C(CSc1ccc2c(c1)CCC2)c1cc(Br)sc1Br. The van der Waals surface area contributed by atoms with Gasteiger partial charge < -0.3 is 0 Å². The summed E-state index contributed by atoms with van der Waals surface area (Å²) in [6.45, 7) is 0. The van der Waals surface area contributed by atoms with E-state index in [2.05, 4.69) is 50.1 Å². The first kappa shape index (κ1) is 14.8. The van der Waals surface area contributed by atoms with E-state index in [1.54, 1.807) is 11.8 Å². The average molecular weight is 432 g/mol. The van der Waals surface area contributed by atoms with Crippen LogP contribution in [0.15, 0.2) is 36.7 Å². The van der Waals surface area contributed by atoms with Gasteiger partial charge in [0.25, 0.3) is 0 Å². The third-order valence-electron chi connectivity index (χ3n) is 3.40. The van der Waals surface area contributed by atoms with Crippen molar-refractivity contribution in [2.45, 2.75) is 24.2 Å². The van der Waals surface area contributed by atoms with Gasteiger partial charge in [0.1, 0.15) is 0 Å². The summed E-state index contributed by atoms with van der Waals surface area (Å²) in [5.74, 6) is 0.657. The molecule has 0 fully saturated rings. The first-order chi connectivity index (χ1) is 9.63. The van der Waals surface area contributed by atoms with Gasteiger partial charge in [-0.05, 0) is 80.4 Å². The molecular formula is C15H12Br2OS2. The van der Waals surface area contributed by atoms with E-state index in [1.807, 2.05) is 6.07 Å². The summed E-state index contributed by atoms with van der Waals surface area (Å²) in [4.78, 5) is 13.4. The molecule has 1 heterocycles. The van der Waals surface area contributed by atoms with Gasteiger partial charge in [0.2, 0.25) is 0 Å². The Hall–Kier alpha value is -0.100. The quantitative estimate of drug-likeness (QED) is 0.453. The first-order valence-electron chi connectivity index (χ1n) is 6.36. The van der Waals surface area contributed by atoms with E-state index in [9.17, 15) is 4.79 Å². The second-order valence-corrected chi connectivity index (χ2v) is 9.53. The molecule has 1 aromatic carbocycles. The van der Waals surface area contributed by atoms with Crippen molar-refractivity contribution in [2.75, 3.05) is 5.75 Å². The number of halogens is 2. The molecule has 0 saturated heterocycles. The molecular weight excluding hydrogens is 420 g/mol. The molecule has 0 bridgehead atoms. The zero-order chi connectivity index (χ0) is 14.1. The maximum Gasteiger partial charge on any atom is 0.175 e. The lowest BCUT2D eigenvalue weighted by Gasteiger charge is -2.04. The number of rotatable bonds is 4. The van der Waals surface area contributed by atoms with Crippen molar-refractivity contribution >= 4 is 60.7 Å². The molecule has 5 heteroatoms. The van der Waals surface area contributed by atoms with Crippen LogP contribution in [-0.4, -0.2) is 11.5 Å². The Morgan fingerprint density at radius 1 is 1.20 bits per heavy atom. The molecule has 0 unspecified atom stereocenters. The number of carbonyl (C=O) groups is 1. The Morgan fingerprint density at radius 2 is 2.00 bits per heavy atom. The second-order valence-electron chi connectivity index (χ2n) is 4.73. The minimum atomic E-state index is 0.171. The van der Waals surface area contributed by atoms with Crippen molar-refractivity contribution in [2.24, 2.45) is 0 Å². The predicted octanol–water partition coefficient (Wildman–Crippen LogP) is 5.74. The first-order valence-corrected chi connectivity index (χ1v) is 9.75. The van der Waals surface area contributed by atoms with Crippen LogP contribution >= 0.6 is 55.0 Å². The van der Waals surface area contributed by atoms with E-state index in [1.165, 1.54) is 46.6 Å². The number of ketones is 1. The minimum Gasteiger partial charge on any atom is -0.293 e. The third-order valence-corrected chi connectivity index (χ3v) is 6.73. The van der Waals surface area contributed by atoms with Crippen LogP contribution in [0.4, 0.5) is 0 Å². The van der Waals surface area contributed by atoms with Gasteiger partial charge >= 0.3 is 0 Å². The topological polar surface area (TPSA) is 17.1 Å². The van der Waals surface area contributed by atoms with Gasteiger partial charge in [0, 0.05) is 10.5 Å². The molecule has 1 aliphatic carbocycles. The van der Waals surface area contributed by atoms with Gasteiger partial charge in [0.05, 0.1) is 13.3 Å². The Kier molecular flexibility index (Phi) is 4.70. The number of hydrogen-bond acceptors (Lipinski definition) is 3. The Labute approximate surface area is 143 Å². The molecule has 0 spiro atoms. The summed E-state index contributed by atoms with van der Waals surface area (Å²) in [6, 6.07) is 8.49. The van der Waals surface area contributed by atoms with E-state index in [0.717, 1.165) is 13.1 Å². The number of carbonyl (C=O) groups excluding carboxylic acids is 1. The largest absolute Gasteiger partial charge is 0.293 e. The van der Waals surface area contributed by atoms with E-state index in [-0.39, 0.29) is 5.78 Å². The molecule has 20 heavy (non-hydrogen) atoms.